The normalized spacial score (nSPS) is 31.5. The van der Waals surface area contributed by atoms with E-state index in [9.17, 15) is 4.79 Å². The summed E-state index contributed by atoms with van der Waals surface area (Å²) in [5, 5.41) is 6.80. The Hall–Kier alpha value is -1.51. The number of benzene rings is 1. The predicted molar refractivity (Wildman–Crippen MR) is 93.3 cm³/mol. The third kappa shape index (κ3) is 3.39. The van der Waals surface area contributed by atoms with Crippen molar-refractivity contribution in [3.8, 4) is 0 Å². The molecule has 1 unspecified atom stereocenters. The zero-order valence-corrected chi connectivity index (χ0v) is 13.9. The SMILES string of the molecule is O=C1CCC(c2cccc(NC3CCC(C4CCC4)CC3)c2)N1. The molecule has 4 rings (SSSR count). The fourth-order valence-electron chi connectivity index (χ4n) is 4.59. The van der Waals surface area contributed by atoms with Gasteiger partial charge >= 0.3 is 0 Å². The fraction of sp³-hybridized carbons (Fsp3) is 0.650. The van der Waals surface area contributed by atoms with Crippen LogP contribution in [0.1, 0.15) is 69.4 Å². The van der Waals surface area contributed by atoms with Gasteiger partial charge in [-0.25, -0.2) is 0 Å². The highest BCUT2D eigenvalue weighted by atomic mass is 16.1. The molecule has 3 nitrogen and oxygen atoms in total. The lowest BCUT2D eigenvalue weighted by Crippen LogP contribution is -2.31. The number of rotatable bonds is 4. The van der Waals surface area contributed by atoms with Crippen LogP contribution in [0.4, 0.5) is 5.69 Å². The molecule has 3 heteroatoms. The molecule has 0 radical (unpaired) electrons. The second-order valence-electron chi connectivity index (χ2n) is 7.73. The molecule has 1 amide bonds. The average molecular weight is 312 g/mol. The largest absolute Gasteiger partial charge is 0.382 e. The van der Waals surface area contributed by atoms with Gasteiger partial charge in [0.1, 0.15) is 0 Å². The number of carbonyl (C=O) groups is 1. The van der Waals surface area contributed by atoms with Gasteiger partial charge in [0, 0.05) is 18.2 Å². The Morgan fingerprint density at radius 3 is 2.39 bits per heavy atom. The summed E-state index contributed by atoms with van der Waals surface area (Å²) in [6, 6.07) is 9.47. The van der Waals surface area contributed by atoms with Gasteiger partial charge in [0.15, 0.2) is 0 Å². The molecule has 1 saturated heterocycles. The van der Waals surface area contributed by atoms with E-state index >= 15 is 0 Å². The molecule has 2 aliphatic carbocycles. The van der Waals surface area contributed by atoms with E-state index in [-0.39, 0.29) is 11.9 Å². The van der Waals surface area contributed by atoms with Crippen LogP contribution in [0.15, 0.2) is 24.3 Å². The number of hydrogen-bond donors (Lipinski definition) is 2. The molecule has 23 heavy (non-hydrogen) atoms. The third-order valence-electron chi connectivity index (χ3n) is 6.24. The molecule has 1 heterocycles. The van der Waals surface area contributed by atoms with Crippen LogP contribution in [0.25, 0.3) is 0 Å². The fourth-order valence-corrected chi connectivity index (χ4v) is 4.59. The van der Waals surface area contributed by atoms with Crippen molar-refractivity contribution >= 4 is 11.6 Å². The number of nitrogens with one attached hydrogen (secondary N) is 2. The van der Waals surface area contributed by atoms with Crippen LogP contribution in [0, 0.1) is 11.8 Å². The minimum Gasteiger partial charge on any atom is -0.382 e. The lowest BCUT2D eigenvalue weighted by molar-refractivity contribution is -0.119. The van der Waals surface area contributed by atoms with Gasteiger partial charge < -0.3 is 10.6 Å². The standard InChI is InChI=1S/C20H28N2O/c23-20-12-11-19(22-20)16-5-2-6-18(13-16)21-17-9-7-15(8-10-17)14-3-1-4-14/h2,5-6,13-15,17,19,21H,1,3-4,7-12H2,(H,22,23). The summed E-state index contributed by atoms with van der Waals surface area (Å²) in [6.07, 6.45) is 11.4. The quantitative estimate of drug-likeness (QED) is 0.864. The molecule has 3 fully saturated rings. The summed E-state index contributed by atoms with van der Waals surface area (Å²) in [7, 11) is 0. The molecule has 0 bridgehead atoms. The molecular formula is C20H28N2O. The van der Waals surface area contributed by atoms with Gasteiger partial charge in [0.2, 0.25) is 5.91 Å². The van der Waals surface area contributed by atoms with Gasteiger partial charge in [0.25, 0.3) is 0 Å². The van der Waals surface area contributed by atoms with E-state index in [1.54, 1.807) is 0 Å². The summed E-state index contributed by atoms with van der Waals surface area (Å²) in [4.78, 5) is 11.4. The van der Waals surface area contributed by atoms with Crippen molar-refractivity contribution in [1.29, 1.82) is 0 Å². The Morgan fingerprint density at radius 1 is 0.957 bits per heavy atom. The number of hydrogen-bond acceptors (Lipinski definition) is 2. The Morgan fingerprint density at radius 2 is 1.74 bits per heavy atom. The molecule has 0 spiro atoms. The van der Waals surface area contributed by atoms with Crippen molar-refractivity contribution < 1.29 is 4.79 Å². The number of carbonyl (C=O) groups excluding carboxylic acids is 1. The average Bonchev–Trinajstić information content (AvgIpc) is 2.94. The summed E-state index contributed by atoms with van der Waals surface area (Å²) < 4.78 is 0. The second-order valence-corrected chi connectivity index (χ2v) is 7.73. The van der Waals surface area contributed by atoms with E-state index in [2.05, 4.69) is 34.9 Å². The maximum Gasteiger partial charge on any atom is 0.220 e. The number of anilines is 1. The van der Waals surface area contributed by atoms with Crippen LogP contribution in [0.3, 0.4) is 0 Å². The molecule has 2 N–H and O–H groups in total. The van der Waals surface area contributed by atoms with Crippen molar-refractivity contribution in [2.75, 3.05) is 5.32 Å². The molecule has 1 atom stereocenters. The highest BCUT2D eigenvalue weighted by Gasteiger charge is 2.31. The lowest BCUT2D eigenvalue weighted by atomic mass is 9.69. The van der Waals surface area contributed by atoms with Crippen molar-refractivity contribution in [3.63, 3.8) is 0 Å². The molecule has 1 aromatic carbocycles. The monoisotopic (exact) mass is 312 g/mol. The first-order valence-electron chi connectivity index (χ1n) is 9.44. The summed E-state index contributed by atoms with van der Waals surface area (Å²) in [5.41, 5.74) is 2.46. The molecule has 1 aliphatic heterocycles. The second kappa shape index (κ2) is 6.54. The smallest absolute Gasteiger partial charge is 0.220 e. The topological polar surface area (TPSA) is 41.1 Å². The molecule has 124 valence electrons. The highest BCUT2D eigenvalue weighted by molar-refractivity contribution is 5.78. The first kappa shape index (κ1) is 15.0. The lowest BCUT2D eigenvalue weighted by Gasteiger charge is -2.38. The molecule has 3 aliphatic rings. The van der Waals surface area contributed by atoms with E-state index < -0.39 is 0 Å². The number of amides is 1. The van der Waals surface area contributed by atoms with Crippen molar-refractivity contribution in [1.82, 2.24) is 5.32 Å². The summed E-state index contributed by atoms with van der Waals surface area (Å²) >= 11 is 0. The van der Waals surface area contributed by atoms with E-state index in [1.165, 1.54) is 56.2 Å². The van der Waals surface area contributed by atoms with E-state index in [4.69, 9.17) is 0 Å². The van der Waals surface area contributed by atoms with E-state index in [1.807, 2.05) is 0 Å². The van der Waals surface area contributed by atoms with Gasteiger partial charge in [-0.2, -0.15) is 0 Å². The summed E-state index contributed by atoms with van der Waals surface area (Å²) in [5.74, 6) is 2.23. The van der Waals surface area contributed by atoms with Gasteiger partial charge in [-0.1, -0.05) is 31.4 Å². The van der Waals surface area contributed by atoms with Crippen LogP contribution in [-0.2, 0) is 4.79 Å². The van der Waals surface area contributed by atoms with Gasteiger partial charge in [-0.3, -0.25) is 4.79 Å². The van der Waals surface area contributed by atoms with Crippen LogP contribution < -0.4 is 10.6 Å². The third-order valence-corrected chi connectivity index (χ3v) is 6.24. The van der Waals surface area contributed by atoms with Crippen LogP contribution in [0.2, 0.25) is 0 Å². The summed E-state index contributed by atoms with van der Waals surface area (Å²) in [6.45, 7) is 0. The van der Waals surface area contributed by atoms with Crippen molar-refractivity contribution in [3.05, 3.63) is 29.8 Å². The van der Waals surface area contributed by atoms with Crippen LogP contribution >= 0.6 is 0 Å². The van der Waals surface area contributed by atoms with Gasteiger partial charge in [-0.05, 0) is 61.6 Å². The predicted octanol–water partition coefficient (Wildman–Crippen LogP) is 4.41. The first-order valence-corrected chi connectivity index (χ1v) is 9.44. The van der Waals surface area contributed by atoms with Gasteiger partial charge in [0.05, 0.1) is 6.04 Å². The van der Waals surface area contributed by atoms with E-state index in [0.29, 0.717) is 12.5 Å². The first-order chi connectivity index (χ1) is 11.3. The molecular weight excluding hydrogens is 284 g/mol. The maximum absolute atomic E-state index is 11.4. The van der Waals surface area contributed by atoms with Crippen LogP contribution in [-0.4, -0.2) is 11.9 Å². The van der Waals surface area contributed by atoms with Gasteiger partial charge in [-0.15, -0.1) is 0 Å². The van der Waals surface area contributed by atoms with E-state index in [0.717, 1.165) is 18.3 Å². The Balaban J connectivity index is 1.33. The molecule has 0 aromatic heterocycles. The van der Waals surface area contributed by atoms with Crippen LogP contribution in [0.5, 0.6) is 0 Å². The minimum atomic E-state index is 0.183. The maximum atomic E-state index is 11.4. The minimum absolute atomic E-state index is 0.183. The molecule has 1 aromatic rings. The Bertz CT molecular complexity index is 559. The Labute approximate surface area is 139 Å². The Kier molecular flexibility index (Phi) is 4.28. The highest BCUT2D eigenvalue weighted by Crippen LogP contribution is 2.41. The van der Waals surface area contributed by atoms with Crippen molar-refractivity contribution in [2.24, 2.45) is 11.8 Å². The molecule has 2 saturated carbocycles. The van der Waals surface area contributed by atoms with Crippen molar-refractivity contribution in [2.45, 2.75) is 69.9 Å². The zero-order valence-electron chi connectivity index (χ0n) is 13.9. The zero-order chi connectivity index (χ0) is 15.6.